The van der Waals surface area contributed by atoms with Crippen molar-refractivity contribution in [3.05, 3.63) is 11.1 Å². The van der Waals surface area contributed by atoms with Gasteiger partial charge in [-0.1, -0.05) is 51.3 Å². The zero-order valence-corrected chi connectivity index (χ0v) is 15.9. The number of halogens is 3. The number of aliphatic hydroxyl groups is 1. The van der Waals surface area contributed by atoms with Gasteiger partial charge in [-0.05, 0) is 50.0 Å². The molecule has 0 saturated heterocycles. The van der Waals surface area contributed by atoms with E-state index >= 15 is 0 Å². The lowest BCUT2D eigenvalue weighted by Gasteiger charge is -2.47. The van der Waals surface area contributed by atoms with Crippen molar-refractivity contribution in [1.29, 1.82) is 0 Å². The number of alkyl halides is 3. The summed E-state index contributed by atoms with van der Waals surface area (Å²) in [5, 5.41) is 10.4. The van der Waals surface area contributed by atoms with Crippen LogP contribution >= 0.6 is 43.5 Å². The van der Waals surface area contributed by atoms with E-state index in [1.54, 1.807) is 0 Å². The topological polar surface area (TPSA) is 20.2 Å². The molecule has 0 amide bonds. The molecule has 1 nitrogen and oxygen atoms in total. The molecule has 4 heteroatoms. The van der Waals surface area contributed by atoms with Crippen LogP contribution in [0.1, 0.15) is 47.0 Å². The summed E-state index contributed by atoms with van der Waals surface area (Å²) in [7, 11) is 0. The fourth-order valence-corrected chi connectivity index (χ4v) is 5.72. The predicted molar refractivity (Wildman–Crippen MR) is 89.5 cm³/mol. The zero-order chi connectivity index (χ0) is 14.6. The van der Waals surface area contributed by atoms with E-state index in [4.69, 9.17) is 11.6 Å². The van der Waals surface area contributed by atoms with Crippen LogP contribution in [0.15, 0.2) is 11.1 Å². The molecule has 0 aromatic rings. The SMILES string of the molecule is CC1=C2CCC(C)(Cl)C(Br)CC2(C)C(C)C(Br)C1O. The van der Waals surface area contributed by atoms with Crippen LogP contribution in [0.25, 0.3) is 0 Å². The zero-order valence-electron chi connectivity index (χ0n) is 12.0. The highest BCUT2D eigenvalue weighted by atomic mass is 79.9. The van der Waals surface area contributed by atoms with Gasteiger partial charge >= 0.3 is 0 Å². The summed E-state index contributed by atoms with van der Waals surface area (Å²) in [6.07, 6.45) is 2.60. The van der Waals surface area contributed by atoms with Crippen LogP contribution in [-0.2, 0) is 0 Å². The molecule has 0 heterocycles. The van der Waals surface area contributed by atoms with Crippen molar-refractivity contribution < 1.29 is 5.11 Å². The monoisotopic (exact) mass is 412 g/mol. The van der Waals surface area contributed by atoms with E-state index < -0.39 is 0 Å². The molecule has 0 spiro atoms. The van der Waals surface area contributed by atoms with Gasteiger partial charge in [0.25, 0.3) is 0 Å². The summed E-state index contributed by atoms with van der Waals surface area (Å²) in [5.74, 6) is 0.395. The first-order valence-electron chi connectivity index (χ1n) is 6.96. The lowest BCUT2D eigenvalue weighted by Crippen LogP contribution is -2.46. The van der Waals surface area contributed by atoms with Crippen molar-refractivity contribution >= 4 is 43.5 Å². The quantitative estimate of drug-likeness (QED) is 0.435. The molecule has 0 aromatic carbocycles. The van der Waals surface area contributed by atoms with Crippen LogP contribution in [0.2, 0.25) is 0 Å². The Morgan fingerprint density at radius 3 is 2.47 bits per heavy atom. The summed E-state index contributed by atoms with van der Waals surface area (Å²) in [6, 6.07) is 0. The molecule has 0 aromatic heterocycles. The summed E-state index contributed by atoms with van der Waals surface area (Å²) in [6.45, 7) is 8.78. The summed E-state index contributed by atoms with van der Waals surface area (Å²) < 4.78 is 0. The summed E-state index contributed by atoms with van der Waals surface area (Å²) in [4.78, 5) is 0.218. The molecule has 0 bridgehead atoms. The molecule has 2 rings (SSSR count). The van der Waals surface area contributed by atoms with E-state index in [2.05, 4.69) is 59.6 Å². The smallest absolute Gasteiger partial charge is 0.0878 e. The largest absolute Gasteiger partial charge is 0.388 e. The Balaban J connectivity index is 2.51. The molecular weight excluding hydrogens is 391 g/mol. The highest BCUT2D eigenvalue weighted by Crippen LogP contribution is 2.56. The minimum Gasteiger partial charge on any atom is -0.388 e. The maximum atomic E-state index is 10.4. The van der Waals surface area contributed by atoms with Gasteiger partial charge in [-0.15, -0.1) is 11.6 Å². The first-order valence-corrected chi connectivity index (χ1v) is 9.17. The molecular formula is C15H23Br2ClO. The van der Waals surface area contributed by atoms with Gasteiger partial charge in [0.1, 0.15) is 0 Å². The van der Waals surface area contributed by atoms with Gasteiger partial charge in [-0.2, -0.15) is 0 Å². The molecule has 1 saturated carbocycles. The Kier molecular flexibility index (Phi) is 4.55. The number of aliphatic hydroxyl groups excluding tert-OH is 1. The Hall–Kier alpha value is 0.950. The molecule has 0 aliphatic heterocycles. The van der Waals surface area contributed by atoms with E-state index in [0.717, 1.165) is 24.8 Å². The van der Waals surface area contributed by atoms with E-state index in [0.29, 0.717) is 10.7 Å². The first kappa shape index (κ1) is 16.3. The van der Waals surface area contributed by atoms with Gasteiger partial charge in [-0.25, -0.2) is 0 Å². The maximum absolute atomic E-state index is 10.4. The van der Waals surface area contributed by atoms with E-state index in [1.165, 1.54) is 5.57 Å². The van der Waals surface area contributed by atoms with Gasteiger partial charge in [-0.3, -0.25) is 0 Å². The van der Waals surface area contributed by atoms with Gasteiger partial charge in [0.15, 0.2) is 0 Å². The van der Waals surface area contributed by atoms with Crippen LogP contribution in [-0.4, -0.2) is 25.7 Å². The van der Waals surface area contributed by atoms with Gasteiger partial charge in [0.05, 0.1) is 11.0 Å². The third kappa shape index (κ3) is 2.58. The Bertz CT molecular complexity index is 407. The fourth-order valence-electron chi connectivity index (χ4n) is 3.67. The second kappa shape index (κ2) is 5.30. The standard InChI is InChI=1S/C15H23Br2ClO/c1-8-10-5-6-15(4,18)11(16)7-14(10,3)9(2)12(17)13(8)19/h9,11-13,19H,5-7H2,1-4H3. The molecule has 2 aliphatic carbocycles. The number of hydrogen-bond acceptors (Lipinski definition) is 1. The number of fused-ring (bicyclic) bond motifs is 1. The first-order chi connectivity index (χ1) is 8.61. The lowest BCUT2D eigenvalue weighted by molar-refractivity contribution is 0.114. The van der Waals surface area contributed by atoms with Crippen LogP contribution in [0, 0.1) is 11.3 Å². The predicted octanol–water partition coefficient (Wildman–Crippen LogP) is 5.03. The van der Waals surface area contributed by atoms with Crippen molar-refractivity contribution in [2.45, 2.75) is 67.6 Å². The highest BCUT2D eigenvalue weighted by Gasteiger charge is 2.51. The fraction of sp³-hybridized carbons (Fsp3) is 0.867. The second-order valence-electron chi connectivity index (χ2n) is 6.71. The Morgan fingerprint density at radius 1 is 1.32 bits per heavy atom. The molecule has 110 valence electrons. The lowest BCUT2D eigenvalue weighted by atomic mass is 9.62. The molecule has 6 atom stereocenters. The van der Waals surface area contributed by atoms with Crippen LogP contribution in [0.3, 0.4) is 0 Å². The van der Waals surface area contributed by atoms with Crippen molar-refractivity contribution in [3.63, 3.8) is 0 Å². The van der Waals surface area contributed by atoms with E-state index in [-0.39, 0.29) is 21.2 Å². The summed E-state index contributed by atoms with van der Waals surface area (Å²) >= 11 is 14.2. The van der Waals surface area contributed by atoms with Crippen LogP contribution in [0.4, 0.5) is 0 Å². The van der Waals surface area contributed by atoms with Gasteiger partial charge in [0, 0.05) is 9.65 Å². The minimum absolute atomic E-state index is 0.109. The number of allylic oxidation sites excluding steroid dienone is 1. The average Bonchev–Trinajstić information content (AvgIpc) is 2.42. The van der Waals surface area contributed by atoms with Crippen molar-refractivity contribution in [3.8, 4) is 0 Å². The molecule has 1 N–H and O–H groups in total. The second-order valence-corrected chi connectivity index (χ2v) is 9.73. The van der Waals surface area contributed by atoms with Gasteiger partial charge in [0.2, 0.25) is 0 Å². The number of hydrogen-bond donors (Lipinski definition) is 1. The van der Waals surface area contributed by atoms with Crippen LogP contribution < -0.4 is 0 Å². The number of rotatable bonds is 0. The van der Waals surface area contributed by atoms with E-state index in [9.17, 15) is 5.11 Å². The minimum atomic E-state index is -0.369. The third-order valence-corrected chi connectivity index (χ3v) is 8.86. The summed E-state index contributed by atoms with van der Waals surface area (Å²) in [5.41, 5.74) is 2.69. The maximum Gasteiger partial charge on any atom is 0.0878 e. The van der Waals surface area contributed by atoms with Crippen LogP contribution in [0.5, 0.6) is 0 Å². The Labute approximate surface area is 138 Å². The molecule has 19 heavy (non-hydrogen) atoms. The molecule has 0 radical (unpaired) electrons. The molecule has 2 aliphatic rings. The normalized spacial score (nSPS) is 51.8. The van der Waals surface area contributed by atoms with E-state index in [1.807, 2.05) is 0 Å². The van der Waals surface area contributed by atoms with Gasteiger partial charge < -0.3 is 5.11 Å². The molecule has 6 unspecified atom stereocenters. The third-order valence-electron chi connectivity index (χ3n) is 5.51. The Morgan fingerprint density at radius 2 is 1.89 bits per heavy atom. The van der Waals surface area contributed by atoms with Crippen molar-refractivity contribution in [2.75, 3.05) is 0 Å². The highest BCUT2D eigenvalue weighted by molar-refractivity contribution is 9.09. The average molecular weight is 415 g/mol. The molecule has 1 fully saturated rings. The van der Waals surface area contributed by atoms with Crippen molar-refractivity contribution in [2.24, 2.45) is 11.3 Å². The van der Waals surface area contributed by atoms with Crippen molar-refractivity contribution in [1.82, 2.24) is 0 Å².